The van der Waals surface area contributed by atoms with E-state index in [1.165, 1.54) is 0 Å². The van der Waals surface area contributed by atoms with Crippen LogP contribution in [0.1, 0.15) is 11.3 Å². The van der Waals surface area contributed by atoms with E-state index in [0.29, 0.717) is 10.6 Å². The highest BCUT2D eigenvalue weighted by atomic mass is 35.5. The molecule has 0 unspecified atom stereocenters. The lowest BCUT2D eigenvalue weighted by Crippen LogP contribution is -1.77. The minimum atomic E-state index is 0.681. The molecule has 0 radical (unpaired) electrons. The second-order valence-electron chi connectivity index (χ2n) is 3.34. The smallest absolute Gasteiger partial charge is 0.101 e. The zero-order chi connectivity index (χ0) is 10.8. The molecule has 74 valence electrons. The molecular formula is C12H9ClN2. The van der Waals surface area contributed by atoms with Crippen LogP contribution in [-0.2, 0) is 0 Å². The molecule has 0 saturated carbocycles. The summed E-state index contributed by atoms with van der Waals surface area (Å²) < 4.78 is 0. The Morgan fingerprint density at radius 2 is 1.93 bits per heavy atom. The van der Waals surface area contributed by atoms with Crippen LogP contribution in [0.15, 0.2) is 30.3 Å². The summed E-state index contributed by atoms with van der Waals surface area (Å²) in [5.41, 5.74) is 3.55. The average molecular weight is 217 g/mol. The van der Waals surface area contributed by atoms with Crippen molar-refractivity contribution < 1.29 is 0 Å². The van der Waals surface area contributed by atoms with Crippen LogP contribution in [0.3, 0.4) is 0 Å². The lowest BCUT2D eigenvalue weighted by Gasteiger charge is -1.97. The maximum atomic E-state index is 8.83. The fourth-order valence-electron chi connectivity index (χ4n) is 1.46. The first kappa shape index (κ1) is 9.82. The Morgan fingerprint density at radius 3 is 2.47 bits per heavy atom. The fraction of sp³-hybridized carbons (Fsp3) is 0.0833. The summed E-state index contributed by atoms with van der Waals surface area (Å²) in [6, 6.07) is 11.5. The summed E-state index contributed by atoms with van der Waals surface area (Å²) in [5, 5.41) is 9.54. The SMILES string of the molecule is Cc1[nH]c(-c2ccc(Cl)cc2)cc1C#N. The van der Waals surface area contributed by atoms with E-state index in [-0.39, 0.29) is 0 Å². The Bertz CT molecular complexity index is 518. The predicted octanol–water partition coefficient (Wildman–Crippen LogP) is 3.52. The zero-order valence-electron chi connectivity index (χ0n) is 8.21. The highest BCUT2D eigenvalue weighted by molar-refractivity contribution is 6.30. The molecule has 2 rings (SSSR count). The van der Waals surface area contributed by atoms with Crippen LogP contribution in [0.2, 0.25) is 5.02 Å². The largest absolute Gasteiger partial charge is 0.358 e. The van der Waals surface area contributed by atoms with E-state index in [2.05, 4.69) is 11.1 Å². The van der Waals surface area contributed by atoms with Gasteiger partial charge in [0.25, 0.3) is 0 Å². The third kappa shape index (κ3) is 1.88. The summed E-state index contributed by atoms with van der Waals surface area (Å²) in [4.78, 5) is 3.17. The molecule has 1 aromatic heterocycles. The summed E-state index contributed by atoms with van der Waals surface area (Å²) in [6.45, 7) is 1.89. The van der Waals surface area contributed by atoms with Crippen molar-refractivity contribution >= 4 is 11.6 Å². The van der Waals surface area contributed by atoms with Gasteiger partial charge in [0.05, 0.1) is 5.56 Å². The molecule has 0 bridgehead atoms. The summed E-state index contributed by atoms with van der Waals surface area (Å²) in [6.07, 6.45) is 0. The van der Waals surface area contributed by atoms with E-state index >= 15 is 0 Å². The molecule has 3 heteroatoms. The van der Waals surface area contributed by atoms with E-state index in [1.807, 2.05) is 37.3 Å². The number of H-pyrrole nitrogens is 1. The molecule has 15 heavy (non-hydrogen) atoms. The first-order valence-corrected chi connectivity index (χ1v) is 4.94. The number of rotatable bonds is 1. The minimum Gasteiger partial charge on any atom is -0.358 e. The quantitative estimate of drug-likeness (QED) is 0.779. The lowest BCUT2D eigenvalue weighted by atomic mass is 10.1. The van der Waals surface area contributed by atoms with Crippen molar-refractivity contribution in [2.45, 2.75) is 6.92 Å². The molecule has 1 heterocycles. The minimum absolute atomic E-state index is 0.681. The summed E-state index contributed by atoms with van der Waals surface area (Å²) >= 11 is 5.80. The van der Waals surface area contributed by atoms with Crippen LogP contribution >= 0.6 is 11.6 Å². The van der Waals surface area contributed by atoms with Gasteiger partial charge in [0.1, 0.15) is 6.07 Å². The molecule has 0 atom stereocenters. The number of nitrogens with one attached hydrogen (secondary N) is 1. The van der Waals surface area contributed by atoms with E-state index in [4.69, 9.17) is 16.9 Å². The third-order valence-electron chi connectivity index (χ3n) is 2.29. The Morgan fingerprint density at radius 1 is 1.27 bits per heavy atom. The van der Waals surface area contributed by atoms with E-state index in [0.717, 1.165) is 17.0 Å². The van der Waals surface area contributed by atoms with Gasteiger partial charge in [-0.3, -0.25) is 0 Å². The zero-order valence-corrected chi connectivity index (χ0v) is 8.97. The Balaban J connectivity index is 2.46. The molecule has 2 nitrogen and oxygen atoms in total. The number of aryl methyl sites for hydroxylation is 1. The van der Waals surface area contributed by atoms with Crippen LogP contribution in [0.4, 0.5) is 0 Å². The van der Waals surface area contributed by atoms with Crippen LogP contribution < -0.4 is 0 Å². The summed E-state index contributed by atoms with van der Waals surface area (Å²) in [5.74, 6) is 0. The average Bonchev–Trinajstić information content (AvgIpc) is 2.61. The molecule has 0 aliphatic heterocycles. The van der Waals surface area contributed by atoms with Gasteiger partial charge in [-0.2, -0.15) is 5.26 Å². The lowest BCUT2D eigenvalue weighted by molar-refractivity contribution is 1.25. The van der Waals surface area contributed by atoms with Crippen molar-refractivity contribution in [2.75, 3.05) is 0 Å². The first-order valence-electron chi connectivity index (χ1n) is 4.56. The Hall–Kier alpha value is -1.72. The second-order valence-corrected chi connectivity index (χ2v) is 3.78. The van der Waals surface area contributed by atoms with Gasteiger partial charge in [-0.05, 0) is 30.7 Å². The van der Waals surface area contributed by atoms with Crippen LogP contribution in [0.25, 0.3) is 11.3 Å². The van der Waals surface area contributed by atoms with E-state index < -0.39 is 0 Å². The van der Waals surface area contributed by atoms with Gasteiger partial charge in [0.2, 0.25) is 0 Å². The first-order chi connectivity index (χ1) is 7.20. The number of aromatic amines is 1. The Kier molecular flexibility index (Phi) is 2.49. The van der Waals surface area contributed by atoms with Crippen molar-refractivity contribution in [3.05, 3.63) is 46.6 Å². The molecule has 0 amide bonds. The van der Waals surface area contributed by atoms with Crippen molar-refractivity contribution in [1.82, 2.24) is 4.98 Å². The number of nitrogens with zero attached hydrogens (tertiary/aromatic N) is 1. The number of hydrogen-bond acceptors (Lipinski definition) is 1. The van der Waals surface area contributed by atoms with E-state index in [9.17, 15) is 0 Å². The molecule has 0 spiro atoms. The van der Waals surface area contributed by atoms with Crippen molar-refractivity contribution in [1.29, 1.82) is 5.26 Å². The number of hydrogen-bond donors (Lipinski definition) is 1. The van der Waals surface area contributed by atoms with Gasteiger partial charge in [0.15, 0.2) is 0 Å². The van der Waals surface area contributed by atoms with Gasteiger partial charge in [-0.15, -0.1) is 0 Å². The van der Waals surface area contributed by atoms with Gasteiger partial charge in [0, 0.05) is 16.4 Å². The van der Waals surface area contributed by atoms with Gasteiger partial charge < -0.3 is 4.98 Å². The molecule has 0 aliphatic rings. The van der Waals surface area contributed by atoms with E-state index in [1.54, 1.807) is 0 Å². The van der Waals surface area contributed by atoms with Crippen LogP contribution in [-0.4, -0.2) is 4.98 Å². The molecule has 2 aromatic rings. The number of benzene rings is 1. The molecule has 1 N–H and O–H groups in total. The highest BCUT2D eigenvalue weighted by Gasteiger charge is 2.05. The molecular weight excluding hydrogens is 208 g/mol. The number of nitriles is 1. The molecule has 1 aromatic carbocycles. The van der Waals surface area contributed by atoms with Gasteiger partial charge in [-0.25, -0.2) is 0 Å². The van der Waals surface area contributed by atoms with Crippen molar-refractivity contribution in [3.8, 4) is 17.3 Å². The van der Waals surface area contributed by atoms with Crippen molar-refractivity contribution in [3.63, 3.8) is 0 Å². The molecule has 0 fully saturated rings. The fourth-order valence-corrected chi connectivity index (χ4v) is 1.59. The second kappa shape index (κ2) is 3.80. The van der Waals surface area contributed by atoms with Gasteiger partial charge >= 0.3 is 0 Å². The predicted molar refractivity (Wildman–Crippen MR) is 60.7 cm³/mol. The number of aromatic nitrogens is 1. The van der Waals surface area contributed by atoms with Crippen LogP contribution in [0.5, 0.6) is 0 Å². The third-order valence-corrected chi connectivity index (χ3v) is 2.54. The highest BCUT2D eigenvalue weighted by Crippen LogP contribution is 2.22. The Labute approximate surface area is 93.1 Å². The van der Waals surface area contributed by atoms with Gasteiger partial charge in [-0.1, -0.05) is 23.7 Å². The standard InChI is InChI=1S/C12H9ClN2/c1-8-10(7-14)6-12(15-8)9-2-4-11(13)5-3-9/h2-6,15H,1H3. The topological polar surface area (TPSA) is 39.6 Å². The van der Waals surface area contributed by atoms with Crippen molar-refractivity contribution in [2.24, 2.45) is 0 Å². The summed E-state index contributed by atoms with van der Waals surface area (Å²) in [7, 11) is 0. The van der Waals surface area contributed by atoms with Crippen LogP contribution in [0, 0.1) is 18.3 Å². The maximum absolute atomic E-state index is 8.83. The molecule has 0 aliphatic carbocycles. The monoisotopic (exact) mass is 216 g/mol. The molecule has 0 saturated heterocycles. The maximum Gasteiger partial charge on any atom is 0.101 e. The number of halogens is 1. The normalized spacial score (nSPS) is 9.93.